The van der Waals surface area contributed by atoms with E-state index in [1.807, 2.05) is 49.4 Å². The average Bonchev–Trinajstić information content (AvgIpc) is 2.40. The summed E-state index contributed by atoms with van der Waals surface area (Å²) >= 11 is 0. The summed E-state index contributed by atoms with van der Waals surface area (Å²) in [5.74, 6) is 0. The highest BCUT2D eigenvalue weighted by molar-refractivity contribution is 5.99. The van der Waals surface area contributed by atoms with Crippen molar-refractivity contribution in [1.29, 1.82) is 0 Å². The summed E-state index contributed by atoms with van der Waals surface area (Å²) in [6.07, 6.45) is 0. The van der Waals surface area contributed by atoms with Gasteiger partial charge in [0, 0.05) is 16.6 Å². The molecule has 2 heteroatoms. The second-order valence-electron chi connectivity index (χ2n) is 4.37. The third kappa shape index (κ3) is 1.63. The smallest absolute Gasteiger partial charge is 0.0726 e. The highest BCUT2D eigenvalue weighted by atomic mass is 14.7. The number of nitrogens with two attached hydrogens (primary N) is 1. The molecule has 0 fully saturated rings. The molecule has 2 nitrogen and oxygen atoms in total. The van der Waals surface area contributed by atoms with Crippen LogP contribution >= 0.6 is 0 Å². The molecule has 1 aromatic heterocycles. The summed E-state index contributed by atoms with van der Waals surface area (Å²) < 4.78 is 0. The summed E-state index contributed by atoms with van der Waals surface area (Å²) in [6.45, 7) is 2.01. The molecule has 3 aromatic rings. The molecule has 0 aliphatic carbocycles. The maximum Gasteiger partial charge on any atom is 0.0726 e. The monoisotopic (exact) mass is 234 g/mol. The van der Waals surface area contributed by atoms with Crippen LogP contribution in [0.15, 0.2) is 54.6 Å². The second-order valence-corrected chi connectivity index (χ2v) is 4.37. The van der Waals surface area contributed by atoms with E-state index in [9.17, 15) is 0 Å². The van der Waals surface area contributed by atoms with Gasteiger partial charge in [0.2, 0.25) is 0 Å². The SMILES string of the molecule is Cc1nc2ccccc2c(N)c1-c1ccccc1. The summed E-state index contributed by atoms with van der Waals surface area (Å²) in [5, 5.41) is 1.02. The van der Waals surface area contributed by atoms with Gasteiger partial charge in [-0.25, -0.2) is 0 Å². The minimum Gasteiger partial charge on any atom is -0.398 e. The average molecular weight is 234 g/mol. The van der Waals surface area contributed by atoms with E-state index in [1.54, 1.807) is 0 Å². The van der Waals surface area contributed by atoms with Crippen molar-refractivity contribution in [2.75, 3.05) is 5.73 Å². The predicted octanol–water partition coefficient (Wildman–Crippen LogP) is 3.79. The van der Waals surface area contributed by atoms with E-state index >= 15 is 0 Å². The lowest BCUT2D eigenvalue weighted by Crippen LogP contribution is -1.97. The molecule has 0 saturated carbocycles. The Morgan fingerprint density at radius 3 is 2.33 bits per heavy atom. The zero-order valence-corrected chi connectivity index (χ0v) is 10.2. The van der Waals surface area contributed by atoms with Crippen LogP contribution in [0.5, 0.6) is 0 Å². The Hall–Kier alpha value is -2.35. The zero-order valence-electron chi connectivity index (χ0n) is 10.2. The van der Waals surface area contributed by atoms with Crippen molar-refractivity contribution in [3.8, 4) is 11.1 Å². The minimum absolute atomic E-state index is 0.810. The molecule has 0 aliphatic heterocycles. The lowest BCUT2D eigenvalue weighted by atomic mass is 9.99. The molecule has 0 spiro atoms. The summed E-state index contributed by atoms with van der Waals surface area (Å²) in [5.41, 5.74) is 11.2. The van der Waals surface area contributed by atoms with E-state index in [2.05, 4.69) is 17.1 Å². The fourth-order valence-corrected chi connectivity index (χ4v) is 2.33. The number of anilines is 1. The zero-order chi connectivity index (χ0) is 12.5. The van der Waals surface area contributed by atoms with Crippen molar-refractivity contribution < 1.29 is 0 Å². The number of nitrogens with zero attached hydrogens (tertiary/aromatic N) is 1. The molecule has 0 aliphatic rings. The molecule has 1 heterocycles. The minimum atomic E-state index is 0.810. The van der Waals surface area contributed by atoms with Crippen molar-refractivity contribution in [3.05, 3.63) is 60.3 Å². The van der Waals surface area contributed by atoms with E-state index in [0.717, 1.165) is 33.4 Å². The predicted molar refractivity (Wildman–Crippen MR) is 76.3 cm³/mol. The lowest BCUT2D eigenvalue weighted by Gasteiger charge is -2.12. The molecular weight excluding hydrogens is 220 g/mol. The lowest BCUT2D eigenvalue weighted by molar-refractivity contribution is 1.26. The van der Waals surface area contributed by atoms with Gasteiger partial charge in [0.1, 0.15) is 0 Å². The van der Waals surface area contributed by atoms with Crippen LogP contribution in [0.4, 0.5) is 5.69 Å². The molecule has 0 atom stereocenters. The number of aryl methyl sites for hydroxylation is 1. The number of rotatable bonds is 1. The van der Waals surface area contributed by atoms with Gasteiger partial charge in [0.15, 0.2) is 0 Å². The first-order valence-corrected chi connectivity index (χ1v) is 5.97. The van der Waals surface area contributed by atoms with E-state index in [4.69, 9.17) is 5.73 Å². The first kappa shape index (κ1) is 10.8. The van der Waals surface area contributed by atoms with Gasteiger partial charge in [-0.05, 0) is 18.6 Å². The summed E-state index contributed by atoms with van der Waals surface area (Å²) in [6, 6.07) is 18.2. The fraction of sp³-hybridized carbons (Fsp3) is 0.0625. The Kier molecular flexibility index (Phi) is 2.49. The number of benzene rings is 2. The topological polar surface area (TPSA) is 38.9 Å². The van der Waals surface area contributed by atoms with Crippen LogP contribution in [0.25, 0.3) is 22.0 Å². The fourth-order valence-electron chi connectivity index (χ4n) is 2.33. The first-order chi connectivity index (χ1) is 8.77. The molecule has 2 aromatic carbocycles. The number of fused-ring (bicyclic) bond motifs is 1. The number of nitrogen functional groups attached to an aromatic ring is 1. The standard InChI is InChI=1S/C16H14N2/c1-11-15(12-7-3-2-4-8-12)16(17)13-9-5-6-10-14(13)18-11/h2-10H,1H3,(H2,17,18). The van der Waals surface area contributed by atoms with E-state index in [0.29, 0.717) is 0 Å². The van der Waals surface area contributed by atoms with E-state index in [-0.39, 0.29) is 0 Å². The second kappa shape index (κ2) is 4.15. The molecule has 88 valence electrons. The van der Waals surface area contributed by atoms with Crippen molar-refractivity contribution in [2.45, 2.75) is 6.92 Å². The van der Waals surface area contributed by atoms with Gasteiger partial charge in [-0.1, -0.05) is 48.5 Å². The van der Waals surface area contributed by atoms with Crippen LogP contribution in [-0.4, -0.2) is 4.98 Å². The van der Waals surface area contributed by atoms with Crippen LogP contribution < -0.4 is 5.73 Å². The largest absolute Gasteiger partial charge is 0.398 e. The van der Waals surface area contributed by atoms with Crippen LogP contribution in [0, 0.1) is 6.92 Å². The molecule has 2 N–H and O–H groups in total. The molecule has 18 heavy (non-hydrogen) atoms. The highest BCUT2D eigenvalue weighted by Gasteiger charge is 2.11. The Balaban J connectivity index is 2.37. The Bertz CT molecular complexity index is 703. The van der Waals surface area contributed by atoms with Gasteiger partial charge in [-0.3, -0.25) is 4.98 Å². The van der Waals surface area contributed by atoms with Crippen molar-refractivity contribution >= 4 is 16.6 Å². The van der Waals surface area contributed by atoms with Crippen LogP contribution in [0.1, 0.15) is 5.69 Å². The number of hydrogen-bond donors (Lipinski definition) is 1. The number of para-hydroxylation sites is 1. The molecular formula is C16H14N2. The quantitative estimate of drug-likeness (QED) is 0.695. The Morgan fingerprint density at radius 2 is 1.56 bits per heavy atom. The van der Waals surface area contributed by atoms with Gasteiger partial charge < -0.3 is 5.73 Å². The maximum atomic E-state index is 6.31. The van der Waals surface area contributed by atoms with Gasteiger partial charge >= 0.3 is 0 Å². The molecule has 0 amide bonds. The van der Waals surface area contributed by atoms with Crippen molar-refractivity contribution in [1.82, 2.24) is 4.98 Å². The van der Waals surface area contributed by atoms with E-state index in [1.165, 1.54) is 0 Å². The summed E-state index contributed by atoms with van der Waals surface area (Å²) in [4.78, 5) is 4.63. The molecule has 0 radical (unpaired) electrons. The Labute approximate surface area is 106 Å². The van der Waals surface area contributed by atoms with Crippen LogP contribution in [0.3, 0.4) is 0 Å². The molecule has 0 saturated heterocycles. The van der Waals surface area contributed by atoms with Gasteiger partial charge in [0.05, 0.1) is 11.2 Å². The van der Waals surface area contributed by atoms with Crippen LogP contribution in [-0.2, 0) is 0 Å². The van der Waals surface area contributed by atoms with E-state index < -0.39 is 0 Å². The van der Waals surface area contributed by atoms with Crippen LogP contribution in [0.2, 0.25) is 0 Å². The Morgan fingerprint density at radius 1 is 0.889 bits per heavy atom. The van der Waals surface area contributed by atoms with Crippen molar-refractivity contribution in [3.63, 3.8) is 0 Å². The molecule has 0 unspecified atom stereocenters. The maximum absolute atomic E-state index is 6.31. The van der Waals surface area contributed by atoms with Gasteiger partial charge in [0.25, 0.3) is 0 Å². The third-order valence-electron chi connectivity index (χ3n) is 3.18. The first-order valence-electron chi connectivity index (χ1n) is 5.97. The third-order valence-corrected chi connectivity index (χ3v) is 3.18. The normalized spacial score (nSPS) is 10.7. The summed E-state index contributed by atoms with van der Waals surface area (Å²) in [7, 11) is 0. The number of aromatic nitrogens is 1. The highest BCUT2D eigenvalue weighted by Crippen LogP contribution is 2.33. The van der Waals surface area contributed by atoms with Gasteiger partial charge in [-0.15, -0.1) is 0 Å². The molecule has 0 bridgehead atoms. The van der Waals surface area contributed by atoms with Gasteiger partial charge in [-0.2, -0.15) is 0 Å². The number of pyridine rings is 1. The molecule has 3 rings (SSSR count). The van der Waals surface area contributed by atoms with Crippen molar-refractivity contribution in [2.24, 2.45) is 0 Å². The number of hydrogen-bond acceptors (Lipinski definition) is 2.